The third kappa shape index (κ3) is 4.27. The summed E-state index contributed by atoms with van der Waals surface area (Å²) >= 11 is -1.93. The summed E-state index contributed by atoms with van der Waals surface area (Å²) in [5.41, 5.74) is 5.05. The molecule has 0 saturated carbocycles. The molecule has 0 heterocycles. The summed E-state index contributed by atoms with van der Waals surface area (Å²) < 4.78 is 10.4. The molecule has 3 N–H and O–H groups in total. The Balaban J connectivity index is 3.63. The summed E-state index contributed by atoms with van der Waals surface area (Å²) in [5.74, 6) is 0.435. The van der Waals surface area contributed by atoms with Crippen molar-refractivity contribution in [1.29, 1.82) is 0 Å². The fourth-order valence-electron chi connectivity index (χ4n) is 0.324. The number of carboxylic acid groups (broad SMARTS) is 1. The first-order chi connectivity index (χ1) is 4.04. The van der Waals surface area contributed by atoms with Crippen LogP contribution in [0, 0.1) is 0 Å². The molecule has 4 nitrogen and oxygen atoms in total. The van der Waals surface area contributed by atoms with Gasteiger partial charge in [0.1, 0.15) is 0 Å². The Morgan fingerprint density at radius 2 is 2.33 bits per heavy atom. The quantitative estimate of drug-likeness (QED) is 0.596. The van der Waals surface area contributed by atoms with E-state index in [-0.39, 0.29) is 5.32 Å². The summed E-state index contributed by atoms with van der Waals surface area (Å²) in [5, 5.41) is 8.31. The average molecular weight is 198 g/mol. The molecule has 2 atom stereocenters. The van der Waals surface area contributed by atoms with Gasteiger partial charge in [-0.25, -0.2) is 0 Å². The summed E-state index contributed by atoms with van der Waals surface area (Å²) in [6.07, 6.45) is 0. The summed E-state index contributed by atoms with van der Waals surface area (Å²) in [4.78, 5) is 9.99. The third-order valence-corrected chi connectivity index (χ3v) is 2.47. The van der Waals surface area contributed by atoms with Gasteiger partial charge in [0, 0.05) is 0 Å². The van der Waals surface area contributed by atoms with Gasteiger partial charge in [-0.15, -0.1) is 0 Å². The van der Waals surface area contributed by atoms with E-state index in [4.69, 9.17) is 10.8 Å². The number of hydrogen-bond donors (Lipinski definition) is 2. The predicted octanol–water partition coefficient (Wildman–Crippen LogP) is -0.550. The van der Waals surface area contributed by atoms with Gasteiger partial charge >= 0.3 is 56.5 Å². The fourth-order valence-corrected chi connectivity index (χ4v) is 1.68. The molecule has 0 aliphatic heterocycles. The maximum atomic E-state index is 10.4. The average Bonchev–Trinajstić information content (AvgIpc) is 1.63. The van der Waals surface area contributed by atoms with E-state index < -0.39 is 25.8 Å². The first-order valence-electron chi connectivity index (χ1n) is 2.32. The van der Waals surface area contributed by atoms with Crippen LogP contribution in [-0.2, 0) is 8.63 Å². The van der Waals surface area contributed by atoms with Crippen molar-refractivity contribution in [3.8, 4) is 0 Å². The molecule has 0 aromatic rings. The number of aliphatic carboxylic acids is 1. The molecule has 0 fully saturated rings. The first kappa shape index (κ1) is 8.75. The molecule has 5 heteroatoms. The van der Waals surface area contributed by atoms with Crippen LogP contribution in [-0.4, -0.2) is 31.0 Å². The Kier molecular flexibility index (Phi) is 3.61. The number of rotatable bonds is 3. The molecule has 0 aliphatic rings. The third-order valence-electron chi connectivity index (χ3n) is 0.731. The van der Waals surface area contributed by atoms with Crippen molar-refractivity contribution < 1.29 is 13.7 Å². The minimum atomic E-state index is -1.93. The van der Waals surface area contributed by atoms with Gasteiger partial charge < -0.3 is 0 Å². The normalized spacial score (nSPS) is 16.7. The van der Waals surface area contributed by atoms with E-state index in [0.29, 0.717) is 0 Å². The molecule has 54 valence electrons. The second kappa shape index (κ2) is 3.71. The maximum absolute atomic E-state index is 10.4. The molecular weight excluding hydrogens is 189 g/mol. The zero-order valence-corrected chi connectivity index (χ0v) is 6.75. The molecule has 2 unspecified atom stereocenters. The standard InChI is InChI=1S/C4H9NO3Se/c1-9(8)2-3(5)4(6)7/h3H,2,5H2,1H3,(H,6,7). The van der Waals surface area contributed by atoms with Gasteiger partial charge in [-0.3, -0.25) is 0 Å². The van der Waals surface area contributed by atoms with Crippen LogP contribution in [0.1, 0.15) is 0 Å². The van der Waals surface area contributed by atoms with Crippen molar-refractivity contribution >= 4 is 19.8 Å². The first-order valence-corrected chi connectivity index (χ1v) is 5.95. The topological polar surface area (TPSA) is 80.4 Å². The van der Waals surface area contributed by atoms with Crippen LogP contribution >= 0.6 is 0 Å². The van der Waals surface area contributed by atoms with Crippen LogP contribution in [0.25, 0.3) is 0 Å². The summed E-state index contributed by atoms with van der Waals surface area (Å²) in [6.45, 7) is 0. The molecule has 9 heavy (non-hydrogen) atoms. The second-order valence-electron chi connectivity index (χ2n) is 1.68. The molecule has 0 amide bonds. The van der Waals surface area contributed by atoms with Gasteiger partial charge in [-0.1, -0.05) is 0 Å². The van der Waals surface area contributed by atoms with E-state index in [9.17, 15) is 8.63 Å². The van der Waals surface area contributed by atoms with Crippen LogP contribution < -0.4 is 5.73 Å². The van der Waals surface area contributed by atoms with Gasteiger partial charge in [0.25, 0.3) is 0 Å². The minimum absolute atomic E-state index is 0.120. The number of carboxylic acids is 1. The van der Waals surface area contributed by atoms with Crippen molar-refractivity contribution in [2.24, 2.45) is 5.73 Å². The van der Waals surface area contributed by atoms with Gasteiger partial charge in [-0.05, 0) is 0 Å². The van der Waals surface area contributed by atoms with Crippen molar-refractivity contribution in [2.45, 2.75) is 17.2 Å². The molecule has 0 radical (unpaired) electrons. The van der Waals surface area contributed by atoms with Crippen LogP contribution in [0.3, 0.4) is 0 Å². The molecule has 0 aliphatic carbocycles. The molecule has 0 bridgehead atoms. The Bertz CT molecular complexity index is 136. The van der Waals surface area contributed by atoms with Crippen LogP contribution in [0.2, 0.25) is 11.1 Å². The van der Waals surface area contributed by atoms with Gasteiger partial charge in [0.2, 0.25) is 0 Å². The van der Waals surface area contributed by atoms with E-state index in [1.807, 2.05) is 0 Å². The Hall–Kier alpha value is -0.251. The summed E-state index contributed by atoms with van der Waals surface area (Å²) in [7, 11) is 0. The fraction of sp³-hybridized carbons (Fsp3) is 0.750. The molecule has 0 saturated heterocycles. The van der Waals surface area contributed by atoms with Crippen LogP contribution in [0.5, 0.6) is 0 Å². The molecule has 0 aromatic heterocycles. The zero-order chi connectivity index (χ0) is 7.44. The van der Waals surface area contributed by atoms with Gasteiger partial charge in [0.15, 0.2) is 0 Å². The van der Waals surface area contributed by atoms with Crippen molar-refractivity contribution in [3.05, 3.63) is 0 Å². The molecule has 0 rings (SSSR count). The summed E-state index contributed by atoms with van der Waals surface area (Å²) in [6, 6.07) is -0.947. The van der Waals surface area contributed by atoms with E-state index in [1.165, 1.54) is 5.82 Å². The number of nitrogens with two attached hydrogens (primary N) is 1. The van der Waals surface area contributed by atoms with Crippen LogP contribution in [0.4, 0.5) is 0 Å². The molecular formula is C4H9NO3Se. The number of carbonyl (C=O) groups is 1. The van der Waals surface area contributed by atoms with E-state index in [1.54, 1.807) is 0 Å². The van der Waals surface area contributed by atoms with Crippen molar-refractivity contribution in [3.63, 3.8) is 0 Å². The van der Waals surface area contributed by atoms with Crippen LogP contribution in [0.15, 0.2) is 0 Å². The van der Waals surface area contributed by atoms with E-state index in [2.05, 4.69) is 0 Å². The number of hydrogen-bond acceptors (Lipinski definition) is 3. The zero-order valence-electron chi connectivity index (χ0n) is 5.03. The van der Waals surface area contributed by atoms with E-state index in [0.717, 1.165) is 0 Å². The Morgan fingerprint density at radius 3 is 2.44 bits per heavy atom. The van der Waals surface area contributed by atoms with Crippen molar-refractivity contribution in [1.82, 2.24) is 0 Å². The SMILES string of the molecule is C[Se](=O)CC(N)C(=O)O. The van der Waals surface area contributed by atoms with Gasteiger partial charge in [0.05, 0.1) is 0 Å². The second-order valence-corrected chi connectivity index (χ2v) is 4.79. The van der Waals surface area contributed by atoms with Crippen molar-refractivity contribution in [2.75, 3.05) is 0 Å². The monoisotopic (exact) mass is 199 g/mol. The predicted molar refractivity (Wildman–Crippen MR) is 32.7 cm³/mol. The Labute approximate surface area is 57.1 Å². The molecule has 0 spiro atoms. The van der Waals surface area contributed by atoms with E-state index >= 15 is 0 Å². The van der Waals surface area contributed by atoms with Gasteiger partial charge in [-0.2, -0.15) is 0 Å². The Morgan fingerprint density at radius 1 is 1.89 bits per heavy atom. The molecule has 0 aromatic carbocycles.